The van der Waals surface area contributed by atoms with Crippen LogP contribution in [-0.4, -0.2) is 16.8 Å². The van der Waals surface area contributed by atoms with Crippen LogP contribution in [0.1, 0.15) is 23.2 Å². The van der Waals surface area contributed by atoms with Crippen molar-refractivity contribution in [1.82, 2.24) is 15.8 Å². The van der Waals surface area contributed by atoms with Crippen LogP contribution in [0, 0.1) is 17.8 Å². The molecule has 2 amide bonds. The Morgan fingerprint density at radius 1 is 1.04 bits per heavy atom. The first-order valence-corrected chi connectivity index (χ1v) is 9.41. The van der Waals surface area contributed by atoms with E-state index in [1.54, 1.807) is 24.5 Å². The summed E-state index contributed by atoms with van der Waals surface area (Å²) >= 11 is 0. The van der Waals surface area contributed by atoms with Gasteiger partial charge in [0.05, 0.1) is 17.3 Å². The Morgan fingerprint density at radius 2 is 1.93 bits per heavy atom. The summed E-state index contributed by atoms with van der Waals surface area (Å²) in [5.41, 5.74) is 6.88. The average molecular weight is 373 g/mol. The van der Waals surface area contributed by atoms with E-state index in [2.05, 4.69) is 28.0 Å². The maximum Gasteiger partial charge on any atom is 0.270 e. The number of hydrazine groups is 1. The van der Waals surface area contributed by atoms with Crippen LogP contribution in [0.4, 0.5) is 0 Å². The van der Waals surface area contributed by atoms with Gasteiger partial charge in [-0.05, 0) is 48.9 Å². The highest BCUT2D eigenvalue weighted by molar-refractivity contribution is 6.07. The van der Waals surface area contributed by atoms with Gasteiger partial charge in [-0.15, -0.1) is 0 Å². The van der Waals surface area contributed by atoms with E-state index in [4.69, 9.17) is 4.42 Å². The number of para-hydroxylation sites is 1. The second-order valence-corrected chi connectivity index (χ2v) is 7.38. The van der Waals surface area contributed by atoms with E-state index >= 15 is 0 Å². The fraction of sp³-hybridized carbons (Fsp3) is 0.227. The lowest BCUT2D eigenvalue weighted by atomic mass is 9.93. The summed E-state index contributed by atoms with van der Waals surface area (Å²) in [5, 5.41) is 0.715. The van der Waals surface area contributed by atoms with Gasteiger partial charge in [-0.2, -0.15) is 0 Å². The number of carbonyl (C=O) groups is 2. The van der Waals surface area contributed by atoms with Crippen LogP contribution in [0.5, 0.6) is 0 Å². The second-order valence-electron chi connectivity index (χ2n) is 7.38. The summed E-state index contributed by atoms with van der Waals surface area (Å²) in [6.07, 6.45) is 7.76. The first-order chi connectivity index (χ1) is 13.7. The predicted octanol–water partition coefficient (Wildman–Crippen LogP) is 3.47. The molecule has 0 spiro atoms. The number of hydrogen-bond donors (Lipinski definition) is 2. The molecule has 6 nitrogen and oxygen atoms in total. The fourth-order valence-corrected chi connectivity index (χ4v) is 4.27. The standard InChI is InChI=1S/C22H19N3O3/c26-21(16-11-13-7-8-14(16)10-13)24-25-22(27)17-12-19(20-6-3-9-28-20)23-18-5-2-1-4-15(17)18/h1-9,12-14,16H,10-11H2,(H,24,26)(H,25,27)/t13-,14+,16+/m0/s1. The molecule has 2 aliphatic rings. The molecule has 2 heterocycles. The third-order valence-corrected chi connectivity index (χ3v) is 5.65. The Morgan fingerprint density at radius 3 is 2.68 bits per heavy atom. The minimum absolute atomic E-state index is 0.0665. The number of allylic oxidation sites excluding steroid dienone is 2. The lowest BCUT2D eigenvalue weighted by Crippen LogP contribution is -2.45. The van der Waals surface area contributed by atoms with Gasteiger partial charge < -0.3 is 4.42 Å². The number of amides is 2. The lowest BCUT2D eigenvalue weighted by molar-refractivity contribution is -0.126. The van der Waals surface area contributed by atoms with E-state index in [0.29, 0.717) is 33.8 Å². The van der Waals surface area contributed by atoms with E-state index in [0.717, 1.165) is 12.8 Å². The first kappa shape index (κ1) is 16.7. The zero-order valence-corrected chi connectivity index (χ0v) is 15.1. The monoisotopic (exact) mass is 373 g/mol. The van der Waals surface area contributed by atoms with Crippen molar-refractivity contribution in [3.05, 3.63) is 66.4 Å². The SMILES string of the molecule is O=C(NNC(=O)[C@@H]1C[C@H]2C=C[C@@H]1C2)c1cc(-c2ccco2)nc2ccccc12. The van der Waals surface area contributed by atoms with Crippen LogP contribution in [0.15, 0.2) is 65.3 Å². The number of benzene rings is 1. The Bertz CT molecular complexity index is 1090. The van der Waals surface area contributed by atoms with Gasteiger partial charge in [0.1, 0.15) is 5.69 Å². The quantitative estimate of drug-likeness (QED) is 0.544. The highest BCUT2D eigenvalue weighted by atomic mass is 16.3. The third kappa shape index (κ3) is 2.87. The van der Waals surface area contributed by atoms with Crippen LogP contribution in [0.2, 0.25) is 0 Å². The van der Waals surface area contributed by atoms with Gasteiger partial charge in [-0.25, -0.2) is 4.98 Å². The molecule has 1 saturated carbocycles. The summed E-state index contributed by atoms with van der Waals surface area (Å²) in [5.74, 6) is 0.791. The largest absolute Gasteiger partial charge is 0.463 e. The second kappa shape index (κ2) is 6.64. The molecule has 0 radical (unpaired) electrons. The maximum atomic E-state index is 12.9. The molecule has 28 heavy (non-hydrogen) atoms. The summed E-state index contributed by atoms with van der Waals surface area (Å²) in [7, 11) is 0. The summed E-state index contributed by atoms with van der Waals surface area (Å²) < 4.78 is 5.43. The van der Waals surface area contributed by atoms with Crippen molar-refractivity contribution in [2.75, 3.05) is 0 Å². The van der Waals surface area contributed by atoms with Crippen molar-refractivity contribution in [2.24, 2.45) is 17.8 Å². The molecule has 2 N–H and O–H groups in total. The predicted molar refractivity (Wildman–Crippen MR) is 104 cm³/mol. The van der Waals surface area contributed by atoms with Crippen LogP contribution < -0.4 is 10.9 Å². The van der Waals surface area contributed by atoms with Gasteiger partial charge >= 0.3 is 0 Å². The van der Waals surface area contributed by atoms with Crippen LogP contribution in [-0.2, 0) is 4.79 Å². The minimum atomic E-state index is -0.376. The molecule has 1 fully saturated rings. The number of hydrogen-bond acceptors (Lipinski definition) is 4. The van der Waals surface area contributed by atoms with Gasteiger partial charge in [0, 0.05) is 11.3 Å². The fourth-order valence-electron chi connectivity index (χ4n) is 4.27. The third-order valence-electron chi connectivity index (χ3n) is 5.65. The number of nitrogens with zero attached hydrogens (tertiary/aromatic N) is 1. The summed E-state index contributed by atoms with van der Waals surface area (Å²) in [6, 6.07) is 12.7. The molecule has 0 unspecified atom stereocenters. The molecule has 0 aliphatic heterocycles. The van der Waals surface area contributed by atoms with E-state index in [9.17, 15) is 9.59 Å². The molecule has 2 aliphatic carbocycles. The van der Waals surface area contributed by atoms with Gasteiger partial charge in [0.25, 0.3) is 5.91 Å². The summed E-state index contributed by atoms with van der Waals surface area (Å²) in [4.78, 5) is 29.9. The van der Waals surface area contributed by atoms with E-state index in [1.807, 2.05) is 24.3 Å². The zero-order chi connectivity index (χ0) is 19.1. The highest BCUT2D eigenvalue weighted by Crippen LogP contribution is 2.43. The topological polar surface area (TPSA) is 84.2 Å². The molecule has 5 rings (SSSR count). The number of pyridine rings is 1. The molecule has 1 aromatic carbocycles. The van der Waals surface area contributed by atoms with Crippen LogP contribution >= 0.6 is 0 Å². The normalized spacial score (nSPS) is 22.5. The van der Waals surface area contributed by atoms with Gasteiger partial charge in [0.15, 0.2) is 5.76 Å². The number of carbonyl (C=O) groups excluding carboxylic acids is 2. The van der Waals surface area contributed by atoms with Crippen molar-refractivity contribution >= 4 is 22.7 Å². The molecular weight excluding hydrogens is 354 g/mol. The Kier molecular flexibility index (Phi) is 3.97. The number of aromatic nitrogens is 1. The Hall–Kier alpha value is -3.41. The van der Waals surface area contributed by atoms with E-state index in [-0.39, 0.29) is 23.7 Å². The van der Waals surface area contributed by atoms with Gasteiger partial charge in [-0.1, -0.05) is 30.4 Å². The average Bonchev–Trinajstić information content (AvgIpc) is 3.49. The molecule has 2 bridgehead atoms. The number of fused-ring (bicyclic) bond motifs is 3. The molecule has 6 heteroatoms. The van der Waals surface area contributed by atoms with Crippen molar-refractivity contribution < 1.29 is 14.0 Å². The van der Waals surface area contributed by atoms with Crippen LogP contribution in [0.3, 0.4) is 0 Å². The number of rotatable bonds is 3. The van der Waals surface area contributed by atoms with Crippen molar-refractivity contribution in [1.29, 1.82) is 0 Å². The van der Waals surface area contributed by atoms with Crippen molar-refractivity contribution in [2.45, 2.75) is 12.8 Å². The van der Waals surface area contributed by atoms with Crippen LogP contribution in [0.25, 0.3) is 22.4 Å². The highest BCUT2D eigenvalue weighted by Gasteiger charge is 2.39. The van der Waals surface area contributed by atoms with Gasteiger partial charge in [-0.3, -0.25) is 20.4 Å². The molecule has 2 aromatic heterocycles. The Balaban J connectivity index is 1.39. The molecular formula is C22H19N3O3. The molecule has 140 valence electrons. The van der Waals surface area contributed by atoms with Crippen molar-refractivity contribution in [3.8, 4) is 11.5 Å². The zero-order valence-electron chi connectivity index (χ0n) is 15.1. The number of nitrogens with one attached hydrogen (secondary N) is 2. The maximum absolute atomic E-state index is 12.9. The molecule has 3 aromatic rings. The summed E-state index contributed by atoms with van der Waals surface area (Å²) in [6.45, 7) is 0. The molecule has 0 saturated heterocycles. The number of furan rings is 1. The Labute approximate surface area is 161 Å². The smallest absolute Gasteiger partial charge is 0.270 e. The van der Waals surface area contributed by atoms with E-state index in [1.165, 1.54) is 0 Å². The minimum Gasteiger partial charge on any atom is -0.463 e. The van der Waals surface area contributed by atoms with Crippen molar-refractivity contribution in [3.63, 3.8) is 0 Å². The van der Waals surface area contributed by atoms with E-state index < -0.39 is 0 Å². The lowest BCUT2D eigenvalue weighted by Gasteiger charge is -2.18. The first-order valence-electron chi connectivity index (χ1n) is 9.41. The molecule has 3 atom stereocenters. The van der Waals surface area contributed by atoms with Gasteiger partial charge in [0.2, 0.25) is 5.91 Å².